The highest BCUT2D eigenvalue weighted by Crippen LogP contribution is 2.22. The molecule has 1 aliphatic heterocycles. The molecule has 0 fully saturated rings. The van der Waals surface area contributed by atoms with Crippen molar-refractivity contribution in [3.63, 3.8) is 0 Å². The molecule has 3 aromatic rings. The number of benzene rings is 3. The molecule has 4 amide bonds. The Kier molecular flexibility index (Phi) is 20.1. The molecule has 2 unspecified atom stereocenters. The van der Waals surface area contributed by atoms with Crippen molar-refractivity contribution < 1.29 is 25.7 Å². The van der Waals surface area contributed by atoms with E-state index in [0.29, 0.717) is 30.5 Å². The normalized spacial score (nSPS) is 11.6. The van der Waals surface area contributed by atoms with Gasteiger partial charge in [0.25, 0.3) is 23.6 Å². The summed E-state index contributed by atoms with van der Waals surface area (Å²) in [6.07, 6.45) is 4.41. The summed E-state index contributed by atoms with van der Waals surface area (Å²) >= 11 is 0. The number of nitrogens with one attached hydrogen (secondary N) is 4. The van der Waals surface area contributed by atoms with Crippen LogP contribution in [-0.4, -0.2) is 65.4 Å². The number of aliphatic hydroxyl groups excluding tert-OH is 1. The maximum absolute atomic E-state index is 12.5. The monoisotopic (exact) mass is 664 g/mol. The van der Waals surface area contributed by atoms with E-state index in [1.165, 1.54) is 0 Å². The first kappa shape index (κ1) is 40.9. The highest BCUT2D eigenvalue weighted by molar-refractivity contribution is 6.21. The first-order chi connectivity index (χ1) is 23.8. The Bertz CT molecular complexity index is 1630. The Morgan fingerprint density at radius 2 is 1.16 bits per heavy atom. The third-order valence-electron chi connectivity index (χ3n) is 6.33. The Morgan fingerprint density at radius 1 is 0.796 bits per heavy atom. The van der Waals surface area contributed by atoms with E-state index in [0.717, 1.165) is 16.0 Å². The summed E-state index contributed by atoms with van der Waals surface area (Å²) in [6, 6.07) is 24.7. The van der Waals surface area contributed by atoms with Gasteiger partial charge < -0.3 is 21.5 Å². The van der Waals surface area contributed by atoms with Gasteiger partial charge in [0.2, 0.25) is 0 Å². The number of nitrogens with two attached hydrogens (primary N) is 1. The molecule has 1 heterocycles. The molecule has 4 rings (SSSR count). The molecule has 49 heavy (non-hydrogen) atoms. The smallest absolute Gasteiger partial charge is 0.296 e. The minimum atomic E-state index is -0.470. The number of amides is 4. The summed E-state index contributed by atoms with van der Waals surface area (Å²) < 4.78 is 0. The van der Waals surface area contributed by atoms with Gasteiger partial charge in [-0.15, -0.1) is 13.2 Å². The Labute approximate surface area is 289 Å². The number of aliphatic hydroxyl groups is 1. The Morgan fingerprint density at radius 3 is 1.55 bits per heavy atom. The van der Waals surface area contributed by atoms with Gasteiger partial charge in [0.05, 0.1) is 17.2 Å². The van der Waals surface area contributed by atoms with Crippen LogP contribution in [-0.2, 0) is 9.59 Å². The summed E-state index contributed by atoms with van der Waals surface area (Å²) in [4.78, 5) is 49.8. The zero-order chi connectivity index (χ0) is 36.4. The number of imide groups is 1. The lowest BCUT2D eigenvalue weighted by Crippen LogP contribution is -2.45. The summed E-state index contributed by atoms with van der Waals surface area (Å²) in [5.41, 5.74) is 17.8. The molecule has 1 aliphatic rings. The molecule has 11 nitrogen and oxygen atoms in total. The molecule has 256 valence electrons. The van der Waals surface area contributed by atoms with Crippen molar-refractivity contribution in [1.82, 2.24) is 15.5 Å². The maximum Gasteiger partial charge on any atom is 0.296 e. The minimum Gasteiger partial charge on any atom is -0.397 e. The van der Waals surface area contributed by atoms with Gasteiger partial charge in [0.15, 0.2) is 0 Å². The van der Waals surface area contributed by atoms with Gasteiger partial charge in [-0.05, 0) is 56.2 Å². The number of hydrogen-bond donors (Lipinski definition) is 6. The number of hydrogen-bond acceptors (Lipinski definition) is 8. The van der Waals surface area contributed by atoms with Crippen LogP contribution in [0.1, 0.15) is 53.0 Å². The Balaban J connectivity index is 0.000000901. The molecule has 3 aromatic carbocycles. The topological polar surface area (TPSA) is 190 Å². The van der Waals surface area contributed by atoms with Crippen molar-refractivity contribution in [1.29, 1.82) is 11.1 Å². The lowest BCUT2D eigenvalue weighted by molar-refractivity contribution is -0.117. The number of carbonyl (C=O) groups is 4. The highest BCUT2D eigenvalue weighted by Gasteiger charge is 2.36. The van der Waals surface area contributed by atoms with Crippen molar-refractivity contribution in [2.45, 2.75) is 31.8 Å². The van der Waals surface area contributed by atoms with Gasteiger partial charge >= 0.3 is 0 Å². The van der Waals surface area contributed by atoms with Crippen LogP contribution in [0.25, 0.3) is 0 Å². The van der Waals surface area contributed by atoms with E-state index in [4.69, 9.17) is 21.9 Å². The molecular formula is C38H44N6O5. The maximum atomic E-state index is 12.5. The summed E-state index contributed by atoms with van der Waals surface area (Å²) in [5.74, 6) is 9.14. The van der Waals surface area contributed by atoms with Crippen LogP contribution in [0.15, 0.2) is 110 Å². The van der Waals surface area contributed by atoms with Crippen LogP contribution in [0.4, 0.5) is 0 Å². The zero-order valence-corrected chi connectivity index (χ0v) is 27.4. The second kappa shape index (κ2) is 24.1. The highest BCUT2D eigenvalue weighted by atomic mass is 16.2. The quantitative estimate of drug-likeness (QED) is 0.0856. The standard InChI is InChI=1S/C22H18N2O3.C14H16N2O.C2H6O.H2N2.H2/c1-2-8-17(23-20(25)14-13-16-9-4-3-5-10-16)15-24-21(26)18-11-6-7-12-19(18)22(24)27;1-2-6-13(11-15)16-14(17)10-9-12-7-4-3-5-8-12;1-2-3;1-2;/h2-7,9-12,17H,1,8,15H2,(H,23,25);2-5,7-8,13H,1,6,11,15H2,(H,16,17);3H,2H2,1H3;1-2H;1H. The van der Waals surface area contributed by atoms with Crippen molar-refractivity contribution in [3.05, 3.63) is 132 Å². The summed E-state index contributed by atoms with van der Waals surface area (Å²) in [6.45, 7) is 9.66. The lowest BCUT2D eigenvalue weighted by Gasteiger charge is -2.21. The second-order valence-electron chi connectivity index (χ2n) is 9.94. The van der Waals surface area contributed by atoms with Crippen molar-refractivity contribution in [3.8, 4) is 23.7 Å². The SMILES string of the molecule is C=CCC(CN)NC(=O)C#Cc1ccccc1.C=CCC(CN1C(=O)c2ccccc2C1=O)NC(=O)C#Cc1ccccc1.CCO.N=N.[HH]. The van der Waals surface area contributed by atoms with Gasteiger partial charge in [0, 0.05) is 50.1 Å². The fourth-order valence-corrected chi connectivity index (χ4v) is 4.16. The van der Waals surface area contributed by atoms with E-state index in [2.05, 4.69) is 47.5 Å². The molecule has 0 saturated heterocycles. The fourth-order valence-electron chi connectivity index (χ4n) is 4.16. The molecule has 0 aliphatic carbocycles. The second-order valence-corrected chi connectivity index (χ2v) is 9.94. The third-order valence-corrected chi connectivity index (χ3v) is 6.33. The fraction of sp³-hybridized carbons (Fsp3) is 0.211. The molecule has 0 aromatic heterocycles. The molecule has 0 spiro atoms. The summed E-state index contributed by atoms with van der Waals surface area (Å²) in [7, 11) is 0. The number of fused-ring (bicyclic) bond motifs is 1. The number of nitrogens with zero attached hydrogens (tertiary/aromatic N) is 1. The van der Waals surface area contributed by atoms with Gasteiger partial charge in [-0.25, -0.2) is 11.1 Å². The molecular weight excluding hydrogens is 620 g/mol. The lowest BCUT2D eigenvalue weighted by atomic mass is 10.1. The predicted molar refractivity (Wildman–Crippen MR) is 191 cm³/mol. The van der Waals surface area contributed by atoms with Crippen molar-refractivity contribution >= 4 is 23.6 Å². The molecule has 7 N–H and O–H groups in total. The molecule has 2 atom stereocenters. The van der Waals surface area contributed by atoms with Crippen LogP contribution >= 0.6 is 0 Å². The molecule has 0 radical (unpaired) electrons. The third kappa shape index (κ3) is 14.9. The van der Waals surface area contributed by atoms with E-state index in [9.17, 15) is 19.2 Å². The summed E-state index contributed by atoms with van der Waals surface area (Å²) in [5, 5.41) is 13.1. The first-order valence-corrected chi connectivity index (χ1v) is 15.3. The van der Waals surface area contributed by atoms with Crippen molar-refractivity contribution in [2.75, 3.05) is 19.7 Å². The van der Waals surface area contributed by atoms with Crippen molar-refractivity contribution in [2.24, 2.45) is 5.73 Å². The molecule has 0 saturated carbocycles. The predicted octanol–water partition coefficient (Wildman–Crippen LogP) is 4.29. The molecule has 11 heteroatoms. The first-order valence-electron chi connectivity index (χ1n) is 15.3. The van der Waals surface area contributed by atoms with Gasteiger partial charge in [-0.1, -0.05) is 72.5 Å². The van der Waals surface area contributed by atoms with Crippen LogP contribution in [0.3, 0.4) is 0 Å². The van der Waals surface area contributed by atoms with Gasteiger partial charge in [0.1, 0.15) is 0 Å². The minimum absolute atomic E-state index is 0. The van der Waals surface area contributed by atoms with Crippen LogP contribution in [0, 0.1) is 34.7 Å². The van der Waals surface area contributed by atoms with Gasteiger partial charge in [-0.2, -0.15) is 0 Å². The van der Waals surface area contributed by atoms with Gasteiger partial charge in [-0.3, -0.25) is 24.1 Å². The Hall–Kier alpha value is -6.14. The van der Waals surface area contributed by atoms with E-state index in [1.54, 1.807) is 55.5 Å². The van der Waals surface area contributed by atoms with E-state index < -0.39 is 11.9 Å². The van der Waals surface area contributed by atoms with E-state index in [-0.39, 0.29) is 38.3 Å². The van der Waals surface area contributed by atoms with Crippen LogP contribution < -0.4 is 16.4 Å². The van der Waals surface area contributed by atoms with Crippen LogP contribution in [0.2, 0.25) is 0 Å². The van der Waals surface area contributed by atoms with E-state index >= 15 is 0 Å². The zero-order valence-electron chi connectivity index (χ0n) is 27.4. The molecule has 0 bridgehead atoms. The average Bonchev–Trinajstić information content (AvgIpc) is 3.37. The van der Waals surface area contributed by atoms with Crippen LogP contribution in [0.5, 0.6) is 0 Å². The largest absolute Gasteiger partial charge is 0.397 e. The number of rotatable bonds is 9. The average molecular weight is 665 g/mol. The van der Waals surface area contributed by atoms with E-state index in [1.807, 2.05) is 48.5 Å². The number of carbonyl (C=O) groups excluding carboxylic acids is 4.